The minimum Gasteiger partial charge on any atom is -0.152 e. The van der Waals surface area contributed by atoms with Crippen LogP contribution in [-0.4, -0.2) is 0 Å². The summed E-state index contributed by atoms with van der Waals surface area (Å²) in [6, 6.07) is 4.04. The molecule has 0 spiro atoms. The van der Waals surface area contributed by atoms with E-state index in [0.29, 0.717) is 0 Å². The van der Waals surface area contributed by atoms with Crippen molar-refractivity contribution in [2.45, 2.75) is 0 Å². The molecule has 1 heterocycles. The first kappa shape index (κ1) is 6.64. The third-order valence-corrected chi connectivity index (χ3v) is 1.05. The van der Waals surface area contributed by atoms with Crippen molar-refractivity contribution in [2.75, 3.05) is 0 Å². The summed E-state index contributed by atoms with van der Waals surface area (Å²) in [6.07, 6.45) is 0. The molecule has 0 nitrogen and oxygen atoms in total. The Balaban J connectivity index is 0.000000250. The summed E-state index contributed by atoms with van der Waals surface area (Å²) in [5, 5.41) is 4.08. The van der Waals surface area contributed by atoms with Gasteiger partial charge in [-0.2, -0.15) is 11.3 Å². The van der Waals surface area contributed by atoms with Crippen LogP contribution in [0.3, 0.4) is 0 Å². The van der Waals surface area contributed by atoms with E-state index in [1.807, 2.05) is 22.9 Å². The standard InChI is InChI=1S/C4H4S.Hg/c1-2-4-5-3-1;/h1-4H;. The van der Waals surface area contributed by atoms with Gasteiger partial charge in [0.05, 0.1) is 0 Å². The van der Waals surface area contributed by atoms with Crippen LogP contribution in [0.1, 0.15) is 0 Å². The van der Waals surface area contributed by atoms with E-state index in [1.54, 1.807) is 11.3 Å². The summed E-state index contributed by atoms with van der Waals surface area (Å²) < 4.78 is 0. The van der Waals surface area contributed by atoms with Gasteiger partial charge in [-0.25, -0.2) is 0 Å². The summed E-state index contributed by atoms with van der Waals surface area (Å²) in [5.74, 6) is 0. The molecule has 2 heteroatoms. The second kappa shape index (κ2) is 3.81. The maximum absolute atomic E-state index is 2.04. The van der Waals surface area contributed by atoms with Crippen LogP contribution in [0.15, 0.2) is 22.9 Å². The van der Waals surface area contributed by atoms with Gasteiger partial charge in [-0.05, 0) is 10.8 Å². The van der Waals surface area contributed by atoms with Crippen molar-refractivity contribution in [3.05, 3.63) is 22.9 Å². The first-order valence-corrected chi connectivity index (χ1v) is 2.41. The third-order valence-electron chi connectivity index (χ3n) is 0.425. The molecule has 0 fully saturated rings. The zero-order valence-electron chi connectivity index (χ0n) is 3.42. The summed E-state index contributed by atoms with van der Waals surface area (Å²) >= 11 is 1.71. The van der Waals surface area contributed by atoms with Gasteiger partial charge in [-0.3, -0.25) is 0 Å². The number of hydrogen-bond acceptors (Lipinski definition) is 1. The van der Waals surface area contributed by atoms with Gasteiger partial charge in [0, 0.05) is 27.7 Å². The molecule has 0 unspecified atom stereocenters. The molecule has 0 aliphatic rings. The van der Waals surface area contributed by atoms with E-state index < -0.39 is 0 Å². The van der Waals surface area contributed by atoms with E-state index in [9.17, 15) is 0 Å². The fourth-order valence-electron chi connectivity index (χ4n) is 0.227. The van der Waals surface area contributed by atoms with Crippen LogP contribution >= 0.6 is 11.3 Å². The minimum absolute atomic E-state index is 0. The van der Waals surface area contributed by atoms with Crippen LogP contribution in [0.2, 0.25) is 0 Å². The Hall–Kier alpha value is 0.635. The Kier molecular flexibility index (Phi) is 4.22. The average Bonchev–Trinajstić information content (AvgIpc) is 1.76. The minimum atomic E-state index is 0. The second-order valence-corrected chi connectivity index (χ2v) is 1.61. The average molecular weight is 285 g/mol. The zero-order chi connectivity index (χ0) is 3.54. The Labute approximate surface area is 61.7 Å². The molecule has 1 rings (SSSR count). The molecule has 0 saturated carbocycles. The molecule has 0 aromatic carbocycles. The molecular formula is C4H4HgS. The van der Waals surface area contributed by atoms with Crippen LogP contribution in [-0.2, 0) is 27.7 Å². The molecule has 28 valence electrons. The van der Waals surface area contributed by atoms with Gasteiger partial charge in [0.25, 0.3) is 0 Å². The van der Waals surface area contributed by atoms with E-state index >= 15 is 0 Å². The van der Waals surface area contributed by atoms with Gasteiger partial charge in [-0.1, -0.05) is 12.1 Å². The first-order valence-electron chi connectivity index (χ1n) is 1.47. The van der Waals surface area contributed by atoms with Crippen molar-refractivity contribution in [2.24, 2.45) is 0 Å². The van der Waals surface area contributed by atoms with Crippen molar-refractivity contribution in [3.8, 4) is 0 Å². The molecule has 0 N–H and O–H groups in total. The fourth-order valence-corrected chi connectivity index (χ4v) is 0.680. The topological polar surface area (TPSA) is 0 Å². The molecule has 0 saturated heterocycles. The maximum Gasteiger partial charge on any atom is 0 e. The van der Waals surface area contributed by atoms with Crippen LogP contribution in [0.25, 0.3) is 0 Å². The number of rotatable bonds is 0. The summed E-state index contributed by atoms with van der Waals surface area (Å²) in [6.45, 7) is 0. The molecule has 1 aromatic heterocycles. The van der Waals surface area contributed by atoms with Gasteiger partial charge < -0.3 is 0 Å². The van der Waals surface area contributed by atoms with Crippen molar-refractivity contribution in [1.29, 1.82) is 0 Å². The summed E-state index contributed by atoms with van der Waals surface area (Å²) in [7, 11) is 0. The molecule has 0 aliphatic carbocycles. The Morgan fingerprint density at radius 3 is 1.67 bits per heavy atom. The van der Waals surface area contributed by atoms with Crippen molar-refractivity contribution >= 4 is 11.3 Å². The first-order chi connectivity index (χ1) is 2.50. The van der Waals surface area contributed by atoms with Gasteiger partial charge >= 0.3 is 0 Å². The molecular weight excluding hydrogens is 281 g/mol. The van der Waals surface area contributed by atoms with E-state index in [0.717, 1.165) is 0 Å². The third kappa shape index (κ3) is 1.93. The van der Waals surface area contributed by atoms with Crippen LogP contribution < -0.4 is 0 Å². The van der Waals surface area contributed by atoms with Crippen molar-refractivity contribution < 1.29 is 27.7 Å². The smallest absolute Gasteiger partial charge is 0 e. The van der Waals surface area contributed by atoms with E-state index in [2.05, 4.69) is 0 Å². The van der Waals surface area contributed by atoms with Crippen LogP contribution in [0.4, 0.5) is 0 Å². The van der Waals surface area contributed by atoms with Gasteiger partial charge in [0.1, 0.15) is 0 Å². The molecule has 0 amide bonds. The largest absolute Gasteiger partial charge is 0.152 e. The molecule has 0 radical (unpaired) electrons. The van der Waals surface area contributed by atoms with E-state index in [4.69, 9.17) is 0 Å². The Morgan fingerprint density at radius 2 is 1.50 bits per heavy atom. The van der Waals surface area contributed by atoms with Gasteiger partial charge in [0.15, 0.2) is 0 Å². The quantitative estimate of drug-likeness (QED) is 0.637. The van der Waals surface area contributed by atoms with E-state index in [-0.39, 0.29) is 27.7 Å². The van der Waals surface area contributed by atoms with Crippen molar-refractivity contribution in [1.82, 2.24) is 0 Å². The van der Waals surface area contributed by atoms with Crippen LogP contribution in [0.5, 0.6) is 0 Å². The summed E-state index contributed by atoms with van der Waals surface area (Å²) in [4.78, 5) is 0. The van der Waals surface area contributed by atoms with Gasteiger partial charge in [-0.15, -0.1) is 0 Å². The zero-order valence-corrected chi connectivity index (χ0v) is 9.74. The molecule has 1 aromatic rings. The second-order valence-electron chi connectivity index (χ2n) is 0.793. The normalized spacial score (nSPS) is 6.67. The predicted octanol–water partition coefficient (Wildman–Crippen LogP) is 1.75. The fraction of sp³-hybridized carbons (Fsp3) is 0. The number of hydrogen-bond donors (Lipinski definition) is 0. The Morgan fingerprint density at radius 1 is 1.00 bits per heavy atom. The SMILES string of the molecule is [Hg].c1ccsc1. The monoisotopic (exact) mass is 286 g/mol. The van der Waals surface area contributed by atoms with E-state index in [1.165, 1.54) is 0 Å². The molecule has 6 heavy (non-hydrogen) atoms. The Bertz CT molecular complexity index is 64.0. The van der Waals surface area contributed by atoms with Gasteiger partial charge in [0.2, 0.25) is 0 Å². The molecule has 0 atom stereocenters. The van der Waals surface area contributed by atoms with Crippen LogP contribution in [0, 0.1) is 0 Å². The maximum atomic E-state index is 2.04. The molecule has 0 aliphatic heterocycles. The predicted molar refractivity (Wildman–Crippen MR) is 24.3 cm³/mol. The number of thiophene rings is 1. The van der Waals surface area contributed by atoms with Crippen molar-refractivity contribution in [3.63, 3.8) is 0 Å². The summed E-state index contributed by atoms with van der Waals surface area (Å²) in [5.41, 5.74) is 0. The molecule has 0 bridgehead atoms.